The van der Waals surface area contributed by atoms with E-state index < -0.39 is 18.0 Å². The summed E-state index contributed by atoms with van der Waals surface area (Å²) in [6, 6.07) is 16.0. The van der Waals surface area contributed by atoms with Gasteiger partial charge in [0.25, 0.3) is 11.5 Å². The number of carbonyl (C=O) groups excluding carboxylic acids is 2. The number of benzene rings is 2. The van der Waals surface area contributed by atoms with Gasteiger partial charge in [0.1, 0.15) is 0 Å². The van der Waals surface area contributed by atoms with Crippen LogP contribution in [-0.2, 0) is 9.53 Å². The van der Waals surface area contributed by atoms with Crippen molar-refractivity contribution in [2.24, 2.45) is 0 Å². The summed E-state index contributed by atoms with van der Waals surface area (Å²) in [7, 11) is 0. The van der Waals surface area contributed by atoms with Crippen LogP contribution in [0.2, 0.25) is 0 Å². The van der Waals surface area contributed by atoms with E-state index >= 15 is 0 Å². The molecule has 4 rings (SSSR count). The van der Waals surface area contributed by atoms with Gasteiger partial charge in [0, 0.05) is 16.3 Å². The van der Waals surface area contributed by atoms with Crippen LogP contribution in [-0.4, -0.2) is 32.7 Å². The molecule has 1 N–H and O–H groups in total. The van der Waals surface area contributed by atoms with E-state index in [1.807, 2.05) is 35.7 Å². The highest BCUT2D eigenvalue weighted by Crippen LogP contribution is 2.25. The Morgan fingerprint density at radius 1 is 1.00 bits per heavy atom. The van der Waals surface area contributed by atoms with E-state index in [0.29, 0.717) is 15.9 Å². The van der Waals surface area contributed by atoms with Gasteiger partial charge in [-0.1, -0.05) is 48.5 Å². The highest BCUT2D eigenvalue weighted by molar-refractivity contribution is 7.14. The molecule has 0 aliphatic carbocycles. The SMILES string of the molecule is CC(C)n1nc(C(=O)O[C@H](C)C(=O)Nc2nc(-c3ccccc3)cs2)c2ccccc2c1=O. The molecule has 2 aromatic heterocycles. The van der Waals surface area contributed by atoms with Gasteiger partial charge in [-0.05, 0) is 26.8 Å². The number of thiazole rings is 1. The fourth-order valence-corrected chi connectivity index (χ4v) is 3.98. The summed E-state index contributed by atoms with van der Waals surface area (Å²) in [6.07, 6.45) is -1.10. The molecule has 0 aliphatic heterocycles. The molecule has 0 saturated heterocycles. The first-order chi connectivity index (χ1) is 15.8. The van der Waals surface area contributed by atoms with E-state index in [4.69, 9.17) is 4.74 Å². The van der Waals surface area contributed by atoms with Gasteiger partial charge in [0.05, 0.1) is 17.1 Å². The van der Waals surface area contributed by atoms with Crippen LogP contribution >= 0.6 is 11.3 Å². The predicted octanol–water partition coefficient (Wildman–Crippen LogP) is 4.28. The lowest BCUT2D eigenvalue weighted by atomic mass is 10.1. The Hall–Kier alpha value is -3.85. The summed E-state index contributed by atoms with van der Waals surface area (Å²) >= 11 is 1.28. The van der Waals surface area contributed by atoms with Gasteiger partial charge in [-0.15, -0.1) is 11.3 Å². The van der Waals surface area contributed by atoms with Crippen molar-refractivity contribution in [2.45, 2.75) is 32.9 Å². The molecule has 0 radical (unpaired) electrons. The molecular weight excluding hydrogens is 440 g/mol. The molecular formula is C24H22N4O4S. The maximum absolute atomic E-state index is 12.9. The summed E-state index contributed by atoms with van der Waals surface area (Å²) in [5, 5.41) is 9.88. The second-order valence-electron chi connectivity index (χ2n) is 7.68. The van der Waals surface area contributed by atoms with Crippen LogP contribution < -0.4 is 10.9 Å². The summed E-state index contributed by atoms with van der Waals surface area (Å²) in [5.41, 5.74) is 1.37. The predicted molar refractivity (Wildman–Crippen MR) is 127 cm³/mol. The van der Waals surface area contributed by atoms with Gasteiger partial charge in [-0.2, -0.15) is 5.10 Å². The molecule has 33 heavy (non-hydrogen) atoms. The first-order valence-corrected chi connectivity index (χ1v) is 11.3. The zero-order valence-electron chi connectivity index (χ0n) is 18.3. The Morgan fingerprint density at radius 2 is 1.67 bits per heavy atom. The van der Waals surface area contributed by atoms with Crippen molar-refractivity contribution in [2.75, 3.05) is 5.32 Å². The number of ether oxygens (including phenoxy) is 1. The Balaban J connectivity index is 1.52. The van der Waals surface area contributed by atoms with Gasteiger partial charge in [-0.25, -0.2) is 14.5 Å². The van der Waals surface area contributed by atoms with E-state index in [0.717, 1.165) is 11.3 Å². The number of esters is 1. The average Bonchev–Trinajstić information content (AvgIpc) is 3.28. The van der Waals surface area contributed by atoms with Crippen LogP contribution in [0.4, 0.5) is 5.13 Å². The number of hydrogen-bond donors (Lipinski definition) is 1. The fourth-order valence-electron chi connectivity index (χ4n) is 3.26. The molecule has 8 nitrogen and oxygen atoms in total. The number of anilines is 1. The number of rotatable bonds is 6. The van der Waals surface area contributed by atoms with Crippen molar-refractivity contribution < 1.29 is 14.3 Å². The van der Waals surface area contributed by atoms with Crippen molar-refractivity contribution in [3.63, 3.8) is 0 Å². The quantitative estimate of drug-likeness (QED) is 0.429. The van der Waals surface area contributed by atoms with Crippen LogP contribution in [0, 0.1) is 0 Å². The molecule has 0 spiro atoms. The number of nitrogens with one attached hydrogen (secondary N) is 1. The lowest BCUT2D eigenvalue weighted by Gasteiger charge is -2.15. The zero-order valence-corrected chi connectivity index (χ0v) is 19.1. The van der Waals surface area contributed by atoms with Gasteiger partial charge in [0.15, 0.2) is 16.9 Å². The molecule has 1 atom stereocenters. The standard InChI is InChI=1S/C24H22N4O4S/c1-14(2)28-22(30)18-12-8-7-11-17(18)20(27-28)23(31)32-15(3)21(29)26-24-25-19(13-33-24)16-9-5-4-6-10-16/h4-15H,1-3H3,(H,25,26,29)/t15-/m1/s1. The van der Waals surface area contributed by atoms with Crippen LogP contribution in [0.3, 0.4) is 0 Å². The largest absolute Gasteiger partial charge is 0.448 e. The van der Waals surface area contributed by atoms with E-state index in [2.05, 4.69) is 15.4 Å². The molecule has 0 aliphatic rings. The van der Waals surface area contributed by atoms with E-state index in [-0.39, 0.29) is 17.3 Å². The second-order valence-corrected chi connectivity index (χ2v) is 8.54. The Labute approximate surface area is 193 Å². The highest BCUT2D eigenvalue weighted by Gasteiger charge is 2.24. The van der Waals surface area contributed by atoms with E-state index in [9.17, 15) is 14.4 Å². The van der Waals surface area contributed by atoms with Crippen molar-refractivity contribution in [3.05, 3.63) is 76.0 Å². The van der Waals surface area contributed by atoms with Gasteiger partial charge >= 0.3 is 5.97 Å². The van der Waals surface area contributed by atoms with E-state index in [1.165, 1.54) is 22.9 Å². The van der Waals surface area contributed by atoms with Crippen molar-refractivity contribution in [1.82, 2.24) is 14.8 Å². The lowest BCUT2D eigenvalue weighted by Crippen LogP contribution is -2.32. The number of nitrogens with zero attached hydrogens (tertiary/aromatic N) is 3. The van der Waals surface area contributed by atoms with Crippen LogP contribution in [0.5, 0.6) is 0 Å². The van der Waals surface area contributed by atoms with Gasteiger partial charge < -0.3 is 4.74 Å². The summed E-state index contributed by atoms with van der Waals surface area (Å²) in [6.45, 7) is 5.07. The van der Waals surface area contributed by atoms with Crippen molar-refractivity contribution in [3.8, 4) is 11.3 Å². The van der Waals surface area contributed by atoms with Gasteiger partial charge in [0.2, 0.25) is 0 Å². The maximum Gasteiger partial charge on any atom is 0.360 e. The van der Waals surface area contributed by atoms with Crippen LogP contribution in [0.15, 0.2) is 64.8 Å². The monoisotopic (exact) mass is 462 g/mol. The number of fused-ring (bicyclic) bond motifs is 1. The Kier molecular flexibility index (Phi) is 6.32. The summed E-state index contributed by atoms with van der Waals surface area (Å²) < 4.78 is 6.63. The third-order valence-corrected chi connectivity index (χ3v) is 5.73. The van der Waals surface area contributed by atoms with Crippen molar-refractivity contribution in [1.29, 1.82) is 0 Å². The number of carbonyl (C=O) groups is 2. The number of amides is 1. The first-order valence-electron chi connectivity index (χ1n) is 10.4. The minimum atomic E-state index is -1.10. The minimum absolute atomic E-state index is 0.0147. The summed E-state index contributed by atoms with van der Waals surface area (Å²) in [4.78, 5) is 42.6. The molecule has 168 valence electrons. The maximum atomic E-state index is 12.9. The molecule has 2 aromatic carbocycles. The van der Waals surface area contributed by atoms with Crippen molar-refractivity contribution >= 4 is 39.1 Å². The molecule has 2 heterocycles. The fraction of sp³-hybridized carbons (Fsp3) is 0.208. The Morgan fingerprint density at radius 3 is 2.36 bits per heavy atom. The third kappa shape index (κ3) is 4.68. The molecule has 9 heteroatoms. The smallest absolute Gasteiger partial charge is 0.360 e. The van der Waals surface area contributed by atoms with Crippen LogP contribution in [0.1, 0.15) is 37.3 Å². The normalized spacial score (nSPS) is 12.0. The van der Waals surface area contributed by atoms with E-state index in [1.54, 1.807) is 38.1 Å². The Bertz CT molecular complexity index is 1380. The summed E-state index contributed by atoms with van der Waals surface area (Å²) in [5.74, 6) is -1.30. The molecule has 0 fully saturated rings. The molecule has 0 saturated carbocycles. The zero-order chi connectivity index (χ0) is 23.5. The highest BCUT2D eigenvalue weighted by atomic mass is 32.1. The molecule has 4 aromatic rings. The number of aromatic nitrogens is 3. The number of hydrogen-bond acceptors (Lipinski definition) is 7. The average molecular weight is 463 g/mol. The topological polar surface area (TPSA) is 103 Å². The third-order valence-electron chi connectivity index (χ3n) is 4.97. The van der Waals surface area contributed by atoms with Crippen LogP contribution in [0.25, 0.3) is 22.0 Å². The molecule has 0 unspecified atom stereocenters. The lowest BCUT2D eigenvalue weighted by molar-refractivity contribution is -0.123. The van der Waals surface area contributed by atoms with Gasteiger partial charge in [-0.3, -0.25) is 14.9 Å². The molecule has 0 bridgehead atoms. The molecule has 1 amide bonds. The second kappa shape index (κ2) is 9.33. The first kappa shape index (κ1) is 22.3. The minimum Gasteiger partial charge on any atom is -0.448 e.